The minimum Gasteiger partial charge on any atom is -0.387 e. The van der Waals surface area contributed by atoms with Crippen molar-refractivity contribution in [2.45, 2.75) is 45.6 Å². The Morgan fingerprint density at radius 2 is 1.78 bits per heavy atom. The predicted molar refractivity (Wildman–Crippen MR) is 72.5 cm³/mol. The number of aliphatic hydroxyl groups excluding tert-OH is 1. The van der Waals surface area contributed by atoms with E-state index in [1.165, 1.54) is 0 Å². The SMILES string of the molecule is CC(C)(C)NCCCCOCCCNC(=O)CO. The fourth-order valence-electron chi connectivity index (χ4n) is 1.35. The first-order valence-corrected chi connectivity index (χ1v) is 6.66. The average molecular weight is 260 g/mol. The van der Waals surface area contributed by atoms with Crippen LogP contribution in [0.15, 0.2) is 0 Å². The van der Waals surface area contributed by atoms with Crippen LogP contribution in [0.25, 0.3) is 0 Å². The number of amides is 1. The Balaban J connectivity index is 3.10. The van der Waals surface area contributed by atoms with Crippen molar-refractivity contribution in [1.29, 1.82) is 0 Å². The molecule has 3 N–H and O–H groups in total. The zero-order valence-electron chi connectivity index (χ0n) is 11.9. The van der Waals surface area contributed by atoms with E-state index in [4.69, 9.17) is 9.84 Å². The van der Waals surface area contributed by atoms with Crippen molar-refractivity contribution in [3.8, 4) is 0 Å². The van der Waals surface area contributed by atoms with Gasteiger partial charge in [-0.3, -0.25) is 4.79 Å². The van der Waals surface area contributed by atoms with Gasteiger partial charge in [0.15, 0.2) is 0 Å². The molecule has 0 bridgehead atoms. The summed E-state index contributed by atoms with van der Waals surface area (Å²) in [6.45, 7) is 9.02. The number of carbonyl (C=O) groups excluding carboxylic acids is 1. The highest BCUT2D eigenvalue weighted by Gasteiger charge is 2.06. The van der Waals surface area contributed by atoms with Gasteiger partial charge in [0.05, 0.1) is 0 Å². The van der Waals surface area contributed by atoms with Gasteiger partial charge in [-0.15, -0.1) is 0 Å². The van der Waals surface area contributed by atoms with E-state index in [1.807, 2.05) is 0 Å². The monoisotopic (exact) mass is 260 g/mol. The molecule has 0 spiro atoms. The normalized spacial score (nSPS) is 11.6. The maximum absolute atomic E-state index is 10.7. The molecule has 0 aromatic rings. The Morgan fingerprint density at radius 3 is 2.39 bits per heavy atom. The lowest BCUT2D eigenvalue weighted by atomic mass is 10.1. The quantitative estimate of drug-likeness (QED) is 0.505. The van der Waals surface area contributed by atoms with Gasteiger partial charge in [0.25, 0.3) is 0 Å². The third kappa shape index (κ3) is 13.4. The first-order chi connectivity index (χ1) is 8.45. The van der Waals surface area contributed by atoms with Crippen molar-refractivity contribution in [1.82, 2.24) is 10.6 Å². The van der Waals surface area contributed by atoms with Crippen LogP contribution in [0, 0.1) is 0 Å². The second-order valence-electron chi connectivity index (χ2n) is 5.36. The zero-order valence-corrected chi connectivity index (χ0v) is 11.9. The summed E-state index contributed by atoms with van der Waals surface area (Å²) >= 11 is 0. The maximum atomic E-state index is 10.7. The minimum absolute atomic E-state index is 0.186. The van der Waals surface area contributed by atoms with Crippen molar-refractivity contribution in [3.63, 3.8) is 0 Å². The van der Waals surface area contributed by atoms with Crippen molar-refractivity contribution in [2.75, 3.05) is 32.9 Å². The van der Waals surface area contributed by atoms with Crippen molar-refractivity contribution in [2.24, 2.45) is 0 Å². The molecule has 0 heterocycles. The van der Waals surface area contributed by atoms with E-state index < -0.39 is 6.61 Å². The van der Waals surface area contributed by atoms with Gasteiger partial charge < -0.3 is 20.5 Å². The Bertz CT molecular complexity index is 215. The van der Waals surface area contributed by atoms with E-state index >= 15 is 0 Å². The van der Waals surface area contributed by atoms with Gasteiger partial charge in [-0.2, -0.15) is 0 Å². The number of unbranched alkanes of at least 4 members (excludes halogenated alkanes) is 1. The summed E-state index contributed by atoms with van der Waals surface area (Å²) in [5, 5.41) is 14.5. The van der Waals surface area contributed by atoms with Crippen LogP contribution in [-0.4, -0.2) is 49.5 Å². The van der Waals surface area contributed by atoms with Gasteiger partial charge in [-0.1, -0.05) is 0 Å². The van der Waals surface area contributed by atoms with Crippen LogP contribution >= 0.6 is 0 Å². The van der Waals surface area contributed by atoms with Crippen LogP contribution < -0.4 is 10.6 Å². The second kappa shape index (κ2) is 10.3. The van der Waals surface area contributed by atoms with Gasteiger partial charge in [-0.25, -0.2) is 0 Å². The molecule has 0 unspecified atom stereocenters. The van der Waals surface area contributed by atoms with E-state index in [0.29, 0.717) is 13.2 Å². The number of ether oxygens (including phenoxy) is 1. The smallest absolute Gasteiger partial charge is 0.245 e. The maximum Gasteiger partial charge on any atom is 0.245 e. The van der Waals surface area contributed by atoms with Gasteiger partial charge in [0, 0.05) is 25.3 Å². The summed E-state index contributed by atoms with van der Waals surface area (Å²) in [7, 11) is 0. The second-order valence-corrected chi connectivity index (χ2v) is 5.36. The summed E-state index contributed by atoms with van der Waals surface area (Å²) < 4.78 is 5.44. The number of rotatable bonds is 10. The molecular formula is C13H28N2O3. The van der Waals surface area contributed by atoms with E-state index in [-0.39, 0.29) is 11.4 Å². The van der Waals surface area contributed by atoms with Crippen LogP contribution in [0.5, 0.6) is 0 Å². The molecule has 0 rings (SSSR count). The molecule has 0 saturated carbocycles. The zero-order chi connectivity index (χ0) is 13.9. The molecule has 0 fully saturated rings. The summed E-state index contributed by atoms with van der Waals surface area (Å²) in [6, 6.07) is 0. The van der Waals surface area contributed by atoms with Crippen LogP contribution in [0.4, 0.5) is 0 Å². The average Bonchev–Trinajstić information content (AvgIpc) is 2.29. The van der Waals surface area contributed by atoms with Crippen LogP contribution in [-0.2, 0) is 9.53 Å². The largest absolute Gasteiger partial charge is 0.387 e. The lowest BCUT2D eigenvalue weighted by Crippen LogP contribution is -2.36. The number of hydrogen-bond donors (Lipinski definition) is 3. The van der Waals surface area contributed by atoms with Crippen LogP contribution in [0.3, 0.4) is 0 Å². The summed E-state index contributed by atoms with van der Waals surface area (Å²) in [6.07, 6.45) is 2.94. The fourth-order valence-corrected chi connectivity index (χ4v) is 1.35. The van der Waals surface area contributed by atoms with Gasteiger partial charge >= 0.3 is 0 Å². The molecule has 18 heavy (non-hydrogen) atoms. The Morgan fingerprint density at radius 1 is 1.11 bits per heavy atom. The molecule has 1 amide bonds. The molecular weight excluding hydrogens is 232 g/mol. The molecule has 0 aliphatic rings. The van der Waals surface area contributed by atoms with Crippen molar-refractivity contribution >= 4 is 5.91 Å². The third-order valence-corrected chi connectivity index (χ3v) is 2.30. The van der Waals surface area contributed by atoms with E-state index in [9.17, 15) is 4.79 Å². The number of aliphatic hydroxyl groups is 1. The number of carbonyl (C=O) groups is 1. The summed E-state index contributed by atoms with van der Waals surface area (Å²) in [5.41, 5.74) is 0.186. The molecule has 0 aliphatic heterocycles. The first-order valence-electron chi connectivity index (χ1n) is 6.66. The standard InChI is InChI=1S/C13H28N2O3/c1-13(2,3)15-8-4-5-9-18-10-6-7-14-12(17)11-16/h15-16H,4-11H2,1-3H3,(H,14,17). The molecule has 5 nitrogen and oxygen atoms in total. The predicted octanol–water partition coefficient (Wildman–Crippen LogP) is 0.670. The highest BCUT2D eigenvalue weighted by Crippen LogP contribution is 1.99. The summed E-state index contributed by atoms with van der Waals surface area (Å²) in [4.78, 5) is 10.7. The van der Waals surface area contributed by atoms with Crippen molar-refractivity contribution < 1.29 is 14.6 Å². The van der Waals surface area contributed by atoms with Crippen LogP contribution in [0.2, 0.25) is 0 Å². The van der Waals surface area contributed by atoms with Gasteiger partial charge in [0.1, 0.15) is 6.61 Å². The molecule has 0 aromatic carbocycles. The van der Waals surface area contributed by atoms with Crippen molar-refractivity contribution in [3.05, 3.63) is 0 Å². The number of nitrogens with one attached hydrogen (secondary N) is 2. The first kappa shape index (κ1) is 17.4. The minimum atomic E-state index is -0.443. The van der Waals surface area contributed by atoms with Gasteiger partial charge in [0.2, 0.25) is 5.91 Å². The lowest BCUT2D eigenvalue weighted by Gasteiger charge is -2.20. The molecule has 0 aliphatic carbocycles. The summed E-state index contributed by atoms with van der Waals surface area (Å²) in [5.74, 6) is -0.330. The Labute approximate surface area is 110 Å². The number of hydrogen-bond acceptors (Lipinski definition) is 4. The molecule has 108 valence electrons. The topological polar surface area (TPSA) is 70.6 Å². The molecule has 5 heteroatoms. The fraction of sp³-hybridized carbons (Fsp3) is 0.923. The Hall–Kier alpha value is -0.650. The highest BCUT2D eigenvalue weighted by molar-refractivity contribution is 5.76. The molecule has 0 atom stereocenters. The molecule has 0 aromatic heterocycles. The Kier molecular flexibility index (Phi) is 9.92. The van der Waals surface area contributed by atoms with E-state index in [0.717, 1.165) is 32.4 Å². The molecule has 0 saturated heterocycles. The lowest BCUT2D eigenvalue weighted by molar-refractivity contribution is -0.123. The highest BCUT2D eigenvalue weighted by atomic mass is 16.5. The molecule has 0 radical (unpaired) electrons. The van der Waals surface area contributed by atoms with Crippen LogP contribution in [0.1, 0.15) is 40.0 Å². The van der Waals surface area contributed by atoms with E-state index in [2.05, 4.69) is 31.4 Å². The van der Waals surface area contributed by atoms with Gasteiger partial charge in [-0.05, 0) is 46.6 Å². The van der Waals surface area contributed by atoms with E-state index in [1.54, 1.807) is 0 Å². The third-order valence-electron chi connectivity index (χ3n) is 2.30.